The highest BCUT2D eigenvalue weighted by Gasteiger charge is 2.00. The lowest BCUT2D eigenvalue weighted by Gasteiger charge is -2.12. The van der Waals surface area contributed by atoms with Crippen molar-refractivity contribution < 1.29 is 13.9 Å². The number of methoxy groups -OCH3 is 1. The molecule has 0 amide bonds. The molecule has 6 nitrogen and oxygen atoms in total. The maximum Gasteiger partial charge on any atom is 0.191 e. The van der Waals surface area contributed by atoms with Crippen molar-refractivity contribution in [3.63, 3.8) is 0 Å². The Morgan fingerprint density at radius 2 is 2.04 bits per heavy atom. The molecule has 0 aliphatic carbocycles. The fraction of sp³-hybridized carbons (Fsp3) is 0.688. The molecule has 0 aliphatic heterocycles. The second kappa shape index (κ2) is 16.1. The van der Waals surface area contributed by atoms with E-state index in [2.05, 4.69) is 15.6 Å². The van der Waals surface area contributed by atoms with Crippen LogP contribution >= 0.6 is 24.0 Å². The highest BCUT2D eigenvalue weighted by Crippen LogP contribution is 1.99. The summed E-state index contributed by atoms with van der Waals surface area (Å²) in [7, 11) is 1.69. The van der Waals surface area contributed by atoms with Gasteiger partial charge in [0.25, 0.3) is 0 Å². The summed E-state index contributed by atoms with van der Waals surface area (Å²) in [6.45, 7) is 6.57. The Morgan fingerprint density at radius 1 is 1.22 bits per heavy atom. The van der Waals surface area contributed by atoms with Crippen LogP contribution < -0.4 is 10.6 Å². The van der Waals surface area contributed by atoms with Gasteiger partial charge in [-0.15, -0.1) is 24.0 Å². The van der Waals surface area contributed by atoms with Gasteiger partial charge in [-0.05, 0) is 31.9 Å². The first kappa shape index (κ1) is 22.2. The van der Waals surface area contributed by atoms with Crippen LogP contribution in [0, 0.1) is 0 Å². The van der Waals surface area contributed by atoms with Crippen molar-refractivity contribution in [3.8, 4) is 0 Å². The van der Waals surface area contributed by atoms with Crippen LogP contribution in [0.3, 0.4) is 0 Å². The minimum absolute atomic E-state index is 0. The smallest absolute Gasteiger partial charge is 0.191 e. The highest BCUT2D eigenvalue weighted by molar-refractivity contribution is 14.0. The quantitative estimate of drug-likeness (QED) is 0.227. The normalized spacial score (nSPS) is 11.1. The van der Waals surface area contributed by atoms with Crippen molar-refractivity contribution >= 4 is 29.9 Å². The molecular weight excluding hydrogens is 409 g/mol. The van der Waals surface area contributed by atoms with Gasteiger partial charge in [-0.1, -0.05) is 0 Å². The van der Waals surface area contributed by atoms with Gasteiger partial charge in [-0.25, -0.2) is 0 Å². The number of aliphatic imine (C=N–C) groups is 1. The first-order valence-corrected chi connectivity index (χ1v) is 7.98. The number of nitrogens with zero attached hydrogens (tertiary/aromatic N) is 1. The summed E-state index contributed by atoms with van der Waals surface area (Å²) in [6.07, 6.45) is 4.59. The number of rotatable bonds is 12. The first-order chi connectivity index (χ1) is 10.9. The molecule has 0 saturated heterocycles. The van der Waals surface area contributed by atoms with Gasteiger partial charge in [-0.3, -0.25) is 4.99 Å². The van der Waals surface area contributed by atoms with Crippen LogP contribution in [0.1, 0.15) is 25.5 Å². The lowest BCUT2D eigenvalue weighted by Crippen LogP contribution is -2.40. The summed E-state index contributed by atoms with van der Waals surface area (Å²) in [5, 5.41) is 6.57. The molecule has 23 heavy (non-hydrogen) atoms. The molecule has 0 fully saturated rings. The molecule has 0 unspecified atom stereocenters. The van der Waals surface area contributed by atoms with Crippen molar-refractivity contribution in [1.29, 1.82) is 0 Å². The monoisotopic (exact) mass is 439 g/mol. The summed E-state index contributed by atoms with van der Waals surface area (Å²) in [5.74, 6) is 1.79. The number of guanidine groups is 1. The minimum atomic E-state index is 0. The number of unbranched alkanes of at least 4 members (excludes halogenated alkanes) is 1. The maximum atomic E-state index is 5.32. The van der Waals surface area contributed by atoms with Crippen LogP contribution in [0.4, 0.5) is 0 Å². The fourth-order valence-corrected chi connectivity index (χ4v) is 1.86. The number of ether oxygens (including phenoxy) is 2. The average molecular weight is 439 g/mol. The molecular formula is C16H30IN3O3. The van der Waals surface area contributed by atoms with Crippen molar-refractivity contribution in [2.75, 3.05) is 46.6 Å². The summed E-state index contributed by atoms with van der Waals surface area (Å²) in [6, 6.07) is 3.88. The molecule has 0 saturated carbocycles. The molecule has 0 bridgehead atoms. The van der Waals surface area contributed by atoms with E-state index in [0.717, 1.165) is 63.8 Å². The van der Waals surface area contributed by atoms with Gasteiger partial charge in [0.2, 0.25) is 0 Å². The predicted octanol–water partition coefficient (Wildman–Crippen LogP) is 2.44. The molecule has 1 aromatic rings. The number of hydrogen-bond donors (Lipinski definition) is 2. The molecule has 1 heterocycles. The van der Waals surface area contributed by atoms with Crippen molar-refractivity contribution in [2.45, 2.75) is 26.2 Å². The van der Waals surface area contributed by atoms with Gasteiger partial charge in [-0.2, -0.15) is 0 Å². The minimum Gasteiger partial charge on any atom is -0.469 e. The van der Waals surface area contributed by atoms with Gasteiger partial charge in [0.05, 0.1) is 12.9 Å². The highest BCUT2D eigenvalue weighted by atomic mass is 127. The lowest BCUT2D eigenvalue weighted by atomic mass is 10.3. The van der Waals surface area contributed by atoms with E-state index in [4.69, 9.17) is 13.9 Å². The Balaban J connectivity index is 0.00000484. The van der Waals surface area contributed by atoms with Crippen molar-refractivity contribution in [3.05, 3.63) is 24.2 Å². The Morgan fingerprint density at radius 3 is 2.74 bits per heavy atom. The van der Waals surface area contributed by atoms with E-state index in [1.54, 1.807) is 13.4 Å². The third-order valence-electron chi connectivity index (χ3n) is 3.01. The molecule has 2 N–H and O–H groups in total. The zero-order valence-electron chi connectivity index (χ0n) is 14.2. The molecule has 1 rings (SSSR count). The third kappa shape index (κ3) is 12.3. The Hall–Kier alpha value is -0.800. The Kier molecular flexibility index (Phi) is 15.5. The second-order valence-electron chi connectivity index (χ2n) is 4.81. The zero-order chi connectivity index (χ0) is 15.9. The molecule has 7 heteroatoms. The summed E-state index contributed by atoms with van der Waals surface area (Å²) >= 11 is 0. The maximum absolute atomic E-state index is 5.32. The van der Waals surface area contributed by atoms with Gasteiger partial charge >= 0.3 is 0 Å². The zero-order valence-corrected chi connectivity index (χ0v) is 16.5. The van der Waals surface area contributed by atoms with E-state index < -0.39 is 0 Å². The van der Waals surface area contributed by atoms with E-state index >= 15 is 0 Å². The lowest BCUT2D eigenvalue weighted by molar-refractivity contribution is 0.144. The largest absolute Gasteiger partial charge is 0.469 e. The number of halogens is 1. The van der Waals surface area contributed by atoms with Crippen LogP contribution in [0.25, 0.3) is 0 Å². The topological polar surface area (TPSA) is 68.0 Å². The van der Waals surface area contributed by atoms with Gasteiger partial charge in [0.1, 0.15) is 5.76 Å². The SMILES string of the molecule is CCOCCCCN=C(NCCOC)NCCc1ccco1.I. The van der Waals surface area contributed by atoms with Crippen LogP contribution in [-0.4, -0.2) is 52.5 Å². The summed E-state index contributed by atoms with van der Waals surface area (Å²) in [4.78, 5) is 4.56. The van der Waals surface area contributed by atoms with Gasteiger partial charge < -0.3 is 24.5 Å². The molecule has 0 atom stereocenters. The number of nitrogens with one attached hydrogen (secondary N) is 2. The Bertz CT molecular complexity index is 386. The van der Waals surface area contributed by atoms with Crippen LogP contribution in [0.5, 0.6) is 0 Å². The summed E-state index contributed by atoms with van der Waals surface area (Å²) in [5.41, 5.74) is 0. The molecule has 0 aromatic carbocycles. The molecule has 0 radical (unpaired) electrons. The fourth-order valence-electron chi connectivity index (χ4n) is 1.86. The van der Waals surface area contributed by atoms with Gasteiger partial charge in [0, 0.05) is 46.4 Å². The van der Waals surface area contributed by atoms with E-state index in [1.165, 1.54) is 0 Å². The number of hydrogen-bond acceptors (Lipinski definition) is 4. The van der Waals surface area contributed by atoms with Crippen molar-refractivity contribution in [2.24, 2.45) is 4.99 Å². The molecule has 1 aromatic heterocycles. The van der Waals surface area contributed by atoms with Crippen LogP contribution in [0.15, 0.2) is 27.8 Å². The van der Waals surface area contributed by atoms with E-state index in [9.17, 15) is 0 Å². The van der Waals surface area contributed by atoms with E-state index in [0.29, 0.717) is 6.61 Å². The first-order valence-electron chi connectivity index (χ1n) is 7.98. The number of furan rings is 1. The average Bonchev–Trinajstić information content (AvgIpc) is 3.03. The molecule has 134 valence electrons. The van der Waals surface area contributed by atoms with Crippen LogP contribution in [0.2, 0.25) is 0 Å². The predicted molar refractivity (Wildman–Crippen MR) is 104 cm³/mol. The van der Waals surface area contributed by atoms with Crippen LogP contribution in [-0.2, 0) is 15.9 Å². The van der Waals surface area contributed by atoms with E-state index in [1.807, 2.05) is 19.1 Å². The third-order valence-corrected chi connectivity index (χ3v) is 3.01. The second-order valence-corrected chi connectivity index (χ2v) is 4.81. The van der Waals surface area contributed by atoms with Crippen molar-refractivity contribution in [1.82, 2.24) is 10.6 Å². The van der Waals surface area contributed by atoms with E-state index in [-0.39, 0.29) is 24.0 Å². The Labute approximate surface area is 156 Å². The molecule has 0 aliphatic rings. The summed E-state index contributed by atoms with van der Waals surface area (Å²) < 4.78 is 15.7. The standard InChI is InChI=1S/C16H29N3O3.HI/c1-3-21-12-5-4-9-17-16(19-11-14-20-2)18-10-8-15-7-6-13-22-15;/h6-7,13H,3-5,8-12,14H2,1-2H3,(H2,17,18,19);1H. The molecule has 0 spiro atoms. The van der Waals surface area contributed by atoms with Gasteiger partial charge in [0.15, 0.2) is 5.96 Å².